The van der Waals surface area contributed by atoms with Gasteiger partial charge in [-0.2, -0.15) is 43.9 Å². The van der Waals surface area contributed by atoms with Crippen molar-refractivity contribution in [3.63, 3.8) is 0 Å². The Morgan fingerprint density at radius 2 is 0.880 bits per heavy atom. The summed E-state index contributed by atoms with van der Waals surface area (Å²) in [5, 5.41) is 0. The van der Waals surface area contributed by atoms with Crippen LogP contribution < -0.4 is 0 Å². The molecule has 25 heavy (non-hydrogen) atoms. The van der Waals surface area contributed by atoms with Crippen LogP contribution in [0.25, 0.3) is 0 Å². The van der Waals surface area contributed by atoms with Gasteiger partial charge in [-0.3, -0.25) is 4.74 Å². The monoisotopic (exact) mass is 398 g/mol. The number of halogens is 10. The maximum atomic E-state index is 13.7. The lowest BCUT2D eigenvalue weighted by atomic mass is 10.2. The normalized spacial score (nSPS) is 16.8. The van der Waals surface area contributed by atoms with E-state index < -0.39 is 62.8 Å². The molecule has 2 atom stereocenters. The summed E-state index contributed by atoms with van der Waals surface area (Å²) < 4.78 is 139. The van der Waals surface area contributed by atoms with E-state index in [1.165, 1.54) is 0 Å². The van der Waals surface area contributed by atoms with Crippen molar-refractivity contribution in [3.05, 3.63) is 0 Å². The van der Waals surface area contributed by atoms with Gasteiger partial charge in [-0.15, -0.1) is 0 Å². The highest BCUT2D eigenvalue weighted by Gasteiger charge is 2.58. The fourth-order valence-electron chi connectivity index (χ4n) is 1.69. The van der Waals surface area contributed by atoms with Crippen molar-refractivity contribution in [3.8, 4) is 0 Å². The molecule has 2 unspecified atom stereocenters. The number of alkyl halides is 10. The first kappa shape index (κ1) is 24.2. The van der Waals surface area contributed by atoms with Crippen LogP contribution in [-0.4, -0.2) is 50.0 Å². The van der Waals surface area contributed by atoms with Crippen LogP contribution in [0.3, 0.4) is 0 Å². The zero-order valence-corrected chi connectivity index (χ0v) is 13.0. The minimum atomic E-state index is -5.23. The Morgan fingerprint density at radius 3 is 1.08 bits per heavy atom. The third kappa shape index (κ3) is 9.45. The van der Waals surface area contributed by atoms with E-state index in [4.69, 9.17) is 0 Å². The topological polar surface area (TPSA) is 27.7 Å². The molecule has 0 heterocycles. The molecule has 0 amide bonds. The third-order valence-corrected chi connectivity index (χ3v) is 2.59. The van der Waals surface area contributed by atoms with Crippen LogP contribution in [0.4, 0.5) is 43.9 Å². The minimum absolute atomic E-state index is 0.706. The highest BCUT2D eigenvalue weighted by Crippen LogP contribution is 2.40. The van der Waals surface area contributed by atoms with Crippen molar-refractivity contribution in [2.45, 2.75) is 63.5 Å². The minimum Gasteiger partial charge on any atom is -0.369 e. The summed E-state index contributed by atoms with van der Waals surface area (Å²) in [5.41, 5.74) is 0. The van der Waals surface area contributed by atoms with E-state index in [1.807, 2.05) is 0 Å². The second-order valence-corrected chi connectivity index (χ2v) is 4.75. The van der Waals surface area contributed by atoms with Gasteiger partial charge < -0.3 is 9.47 Å². The summed E-state index contributed by atoms with van der Waals surface area (Å²) in [7, 11) is 0. The first-order valence-electron chi connectivity index (χ1n) is 6.86. The molecule has 0 saturated carbocycles. The molecule has 0 radical (unpaired) electrons. The van der Waals surface area contributed by atoms with Gasteiger partial charge in [0.1, 0.15) is 0 Å². The van der Waals surface area contributed by atoms with Crippen molar-refractivity contribution < 1.29 is 58.1 Å². The zero-order chi connectivity index (χ0) is 20.1. The molecular formula is C12H16F10O3. The van der Waals surface area contributed by atoms with E-state index in [0.717, 1.165) is 13.8 Å². The number of rotatable bonds is 10. The van der Waals surface area contributed by atoms with Gasteiger partial charge in [-0.25, -0.2) is 0 Å². The molecule has 152 valence electrons. The predicted molar refractivity (Wildman–Crippen MR) is 63.2 cm³/mol. The quantitative estimate of drug-likeness (QED) is 0.490. The first-order chi connectivity index (χ1) is 11.0. The standard InChI is InChI=1S/C12H16F10O3/c1-3-23-7(5-9(13,14)15)11(19,20)25-12(21,22)8(24-4-2)6-10(16,17)18/h7-8H,3-6H2,1-2H3. The average Bonchev–Trinajstić information content (AvgIpc) is 2.33. The Hall–Kier alpha value is -0.820. The van der Waals surface area contributed by atoms with Crippen LogP contribution >= 0.6 is 0 Å². The second kappa shape index (κ2) is 8.71. The Kier molecular flexibility index (Phi) is 8.43. The third-order valence-electron chi connectivity index (χ3n) is 2.59. The van der Waals surface area contributed by atoms with E-state index >= 15 is 0 Å². The Balaban J connectivity index is 5.39. The molecule has 0 aromatic heterocycles. The van der Waals surface area contributed by atoms with Crippen LogP contribution in [-0.2, 0) is 14.2 Å². The summed E-state index contributed by atoms with van der Waals surface area (Å²) in [6.45, 7) is 0.625. The molecule has 0 aromatic carbocycles. The van der Waals surface area contributed by atoms with Gasteiger partial charge in [0.05, 0.1) is 12.8 Å². The number of ether oxygens (including phenoxy) is 3. The predicted octanol–water partition coefficient (Wildman–Crippen LogP) is 4.90. The van der Waals surface area contributed by atoms with E-state index in [1.54, 1.807) is 0 Å². The summed E-state index contributed by atoms with van der Waals surface area (Å²) in [4.78, 5) is 0. The molecule has 0 aliphatic carbocycles. The largest absolute Gasteiger partial charge is 0.391 e. The number of hydrogen-bond donors (Lipinski definition) is 0. The van der Waals surface area contributed by atoms with Gasteiger partial charge in [0, 0.05) is 13.2 Å². The van der Waals surface area contributed by atoms with Gasteiger partial charge in [0.25, 0.3) is 0 Å². The lowest BCUT2D eigenvalue weighted by molar-refractivity contribution is -0.431. The summed E-state index contributed by atoms with van der Waals surface area (Å²) in [5.74, 6) is 0. The van der Waals surface area contributed by atoms with Gasteiger partial charge in [-0.05, 0) is 13.8 Å². The highest BCUT2D eigenvalue weighted by atomic mass is 19.4. The highest BCUT2D eigenvalue weighted by molar-refractivity contribution is 4.79. The lowest BCUT2D eigenvalue weighted by Gasteiger charge is -2.33. The second-order valence-electron chi connectivity index (χ2n) is 4.75. The van der Waals surface area contributed by atoms with E-state index in [2.05, 4.69) is 14.2 Å². The van der Waals surface area contributed by atoms with Crippen LogP contribution in [0.15, 0.2) is 0 Å². The van der Waals surface area contributed by atoms with Gasteiger partial charge in [0.2, 0.25) is 0 Å². The fraction of sp³-hybridized carbons (Fsp3) is 1.00. The maximum Gasteiger partial charge on any atom is 0.391 e. The van der Waals surface area contributed by atoms with Crippen molar-refractivity contribution in [1.82, 2.24) is 0 Å². The fourth-order valence-corrected chi connectivity index (χ4v) is 1.69. The van der Waals surface area contributed by atoms with Crippen LogP contribution in [0.1, 0.15) is 26.7 Å². The van der Waals surface area contributed by atoms with Gasteiger partial charge in [-0.1, -0.05) is 0 Å². The van der Waals surface area contributed by atoms with Crippen molar-refractivity contribution in [2.75, 3.05) is 13.2 Å². The lowest BCUT2D eigenvalue weighted by Crippen LogP contribution is -2.51. The SMILES string of the molecule is CCOC(CC(F)(F)F)C(F)(F)OC(F)(F)C(CC(F)(F)F)OCC. The molecule has 0 aliphatic heterocycles. The maximum absolute atomic E-state index is 13.7. The molecule has 0 aliphatic rings. The Labute approximate surface area is 136 Å². The van der Waals surface area contributed by atoms with Gasteiger partial charge >= 0.3 is 24.6 Å². The summed E-state index contributed by atoms with van der Waals surface area (Å²) in [6, 6.07) is 0. The van der Waals surface area contributed by atoms with Crippen molar-refractivity contribution >= 4 is 0 Å². The number of hydrogen-bond acceptors (Lipinski definition) is 3. The molecule has 3 nitrogen and oxygen atoms in total. The van der Waals surface area contributed by atoms with Crippen LogP contribution in [0, 0.1) is 0 Å². The smallest absolute Gasteiger partial charge is 0.369 e. The molecule has 0 rings (SSSR count). The first-order valence-corrected chi connectivity index (χ1v) is 6.86. The van der Waals surface area contributed by atoms with Crippen molar-refractivity contribution in [2.24, 2.45) is 0 Å². The molecule has 0 saturated heterocycles. The molecule has 0 bridgehead atoms. The average molecular weight is 398 g/mol. The molecular weight excluding hydrogens is 382 g/mol. The molecule has 0 fully saturated rings. The summed E-state index contributed by atoms with van der Waals surface area (Å²) >= 11 is 0. The molecule has 0 N–H and O–H groups in total. The Bertz CT molecular complexity index is 358. The van der Waals surface area contributed by atoms with Crippen LogP contribution in [0.5, 0.6) is 0 Å². The molecule has 13 heteroatoms. The van der Waals surface area contributed by atoms with E-state index in [9.17, 15) is 43.9 Å². The van der Waals surface area contributed by atoms with E-state index in [0.29, 0.717) is 0 Å². The Morgan fingerprint density at radius 1 is 0.600 bits per heavy atom. The van der Waals surface area contributed by atoms with Gasteiger partial charge in [0.15, 0.2) is 12.2 Å². The zero-order valence-electron chi connectivity index (χ0n) is 13.0. The van der Waals surface area contributed by atoms with E-state index in [-0.39, 0.29) is 0 Å². The van der Waals surface area contributed by atoms with Crippen LogP contribution in [0.2, 0.25) is 0 Å². The summed E-state index contributed by atoms with van der Waals surface area (Å²) in [6.07, 6.45) is -31.9. The molecule has 0 aromatic rings. The molecule has 0 spiro atoms. The van der Waals surface area contributed by atoms with Crippen molar-refractivity contribution in [1.29, 1.82) is 0 Å².